The zero-order chi connectivity index (χ0) is 8.97. The number of benzene rings is 1. The van der Waals surface area contributed by atoms with Crippen molar-refractivity contribution in [2.75, 3.05) is 6.54 Å². The second kappa shape index (κ2) is 4.58. The molecule has 0 atom stereocenters. The van der Waals surface area contributed by atoms with Crippen molar-refractivity contribution >= 4 is 15.9 Å². The van der Waals surface area contributed by atoms with Gasteiger partial charge in [0.15, 0.2) is 0 Å². The van der Waals surface area contributed by atoms with E-state index in [4.69, 9.17) is 0 Å². The van der Waals surface area contributed by atoms with Gasteiger partial charge in [-0.2, -0.15) is 0 Å². The summed E-state index contributed by atoms with van der Waals surface area (Å²) >= 11 is 3.29. The number of halogens is 2. The van der Waals surface area contributed by atoms with Gasteiger partial charge >= 0.3 is 0 Å². The molecule has 0 aromatic heterocycles. The largest absolute Gasteiger partial charge is 0.313 e. The SMILES string of the molecule is CCNCc1cc(Br)ccc1F. The first-order chi connectivity index (χ1) is 5.74. The Morgan fingerprint density at radius 3 is 2.92 bits per heavy atom. The fourth-order valence-electron chi connectivity index (χ4n) is 0.938. The molecule has 0 spiro atoms. The van der Waals surface area contributed by atoms with Gasteiger partial charge in [-0.1, -0.05) is 22.9 Å². The highest BCUT2D eigenvalue weighted by Crippen LogP contribution is 2.14. The highest BCUT2D eigenvalue weighted by Gasteiger charge is 2.00. The molecule has 0 amide bonds. The Bertz CT molecular complexity index is 263. The minimum atomic E-state index is -0.154. The maximum absolute atomic E-state index is 13.0. The molecule has 0 fully saturated rings. The zero-order valence-corrected chi connectivity index (χ0v) is 8.49. The molecule has 1 rings (SSSR count). The number of hydrogen-bond acceptors (Lipinski definition) is 1. The second-order valence-electron chi connectivity index (χ2n) is 2.52. The van der Waals surface area contributed by atoms with Gasteiger partial charge in [-0.25, -0.2) is 4.39 Å². The monoisotopic (exact) mass is 231 g/mol. The average Bonchev–Trinajstić information content (AvgIpc) is 2.07. The molecule has 0 saturated heterocycles. The summed E-state index contributed by atoms with van der Waals surface area (Å²) in [6, 6.07) is 4.96. The lowest BCUT2D eigenvalue weighted by molar-refractivity contribution is 0.593. The summed E-state index contributed by atoms with van der Waals surface area (Å²) in [5, 5.41) is 3.07. The first-order valence-electron chi connectivity index (χ1n) is 3.88. The second-order valence-corrected chi connectivity index (χ2v) is 3.43. The first kappa shape index (κ1) is 9.68. The van der Waals surface area contributed by atoms with Crippen molar-refractivity contribution in [3.8, 4) is 0 Å². The lowest BCUT2D eigenvalue weighted by atomic mass is 10.2. The van der Waals surface area contributed by atoms with Crippen LogP contribution in [0, 0.1) is 5.82 Å². The molecule has 3 heteroatoms. The topological polar surface area (TPSA) is 12.0 Å². The molecule has 0 unspecified atom stereocenters. The number of rotatable bonds is 3. The lowest BCUT2D eigenvalue weighted by Gasteiger charge is -2.03. The van der Waals surface area contributed by atoms with Gasteiger partial charge in [0.1, 0.15) is 5.82 Å². The molecule has 1 nitrogen and oxygen atoms in total. The standard InChI is InChI=1S/C9H11BrFN/c1-2-12-6-7-5-8(10)3-4-9(7)11/h3-5,12H,2,6H2,1H3. The van der Waals surface area contributed by atoms with E-state index in [1.54, 1.807) is 12.1 Å². The Morgan fingerprint density at radius 1 is 1.50 bits per heavy atom. The van der Waals surface area contributed by atoms with Gasteiger partial charge in [0, 0.05) is 16.6 Å². The molecule has 12 heavy (non-hydrogen) atoms. The highest BCUT2D eigenvalue weighted by atomic mass is 79.9. The molecule has 0 aliphatic carbocycles. The minimum absolute atomic E-state index is 0.154. The predicted molar refractivity (Wildman–Crippen MR) is 51.5 cm³/mol. The van der Waals surface area contributed by atoms with E-state index in [1.807, 2.05) is 6.92 Å². The lowest BCUT2D eigenvalue weighted by Crippen LogP contribution is -2.12. The number of nitrogens with one attached hydrogen (secondary N) is 1. The van der Waals surface area contributed by atoms with Gasteiger partial charge in [0.05, 0.1) is 0 Å². The molecule has 66 valence electrons. The van der Waals surface area contributed by atoms with Crippen LogP contribution in [0.25, 0.3) is 0 Å². The Labute approximate surface area is 80.1 Å². The van der Waals surface area contributed by atoms with Gasteiger partial charge in [0.25, 0.3) is 0 Å². The summed E-state index contributed by atoms with van der Waals surface area (Å²) in [7, 11) is 0. The summed E-state index contributed by atoms with van der Waals surface area (Å²) in [6.07, 6.45) is 0. The maximum atomic E-state index is 13.0. The molecule has 0 radical (unpaired) electrons. The zero-order valence-electron chi connectivity index (χ0n) is 6.90. The summed E-state index contributed by atoms with van der Waals surface area (Å²) in [6.45, 7) is 3.43. The third kappa shape index (κ3) is 2.57. The van der Waals surface area contributed by atoms with Crippen molar-refractivity contribution in [3.63, 3.8) is 0 Å². The quantitative estimate of drug-likeness (QED) is 0.844. The third-order valence-electron chi connectivity index (χ3n) is 1.57. The molecule has 1 aromatic carbocycles. The van der Waals surface area contributed by atoms with E-state index in [0.717, 1.165) is 11.0 Å². The van der Waals surface area contributed by atoms with Gasteiger partial charge < -0.3 is 5.32 Å². The average molecular weight is 232 g/mol. The minimum Gasteiger partial charge on any atom is -0.313 e. The summed E-state index contributed by atoms with van der Waals surface area (Å²) in [5.74, 6) is -0.154. The Morgan fingerprint density at radius 2 is 2.25 bits per heavy atom. The molecule has 1 aromatic rings. The van der Waals surface area contributed by atoms with Crippen molar-refractivity contribution in [2.45, 2.75) is 13.5 Å². The first-order valence-corrected chi connectivity index (χ1v) is 4.68. The molecule has 0 aliphatic heterocycles. The van der Waals surface area contributed by atoms with Crippen molar-refractivity contribution < 1.29 is 4.39 Å². The summed E-state index contributed by atoms with van der Waals surface area (Å²) in [4.78, 5) is 0. The Balaban J connectivity index is 2.75. The molecule has 0 heterocycles. The summed E-state index contributed by atoms with van der Waals surface area (Å²) in [5.41, 5.74) is 0.700. The van der Waals surface area contributed by atoms with Gasteiger partial charge in [-0.05, 0) is 24.7 Å². The van der Waals surface area contributed by atoms with Crippen LogP contribution < -0.4 is 5.32 Å². The van der Waals surface area contributed by atoms with Crippen LogP contribution in [-0.4, -0.2) is 6.54 Å². The molecule has 1 N–H and O–H groups in total. The van der Waals surface area contributed by atoms with Crippen LogP contribution in [0.5, 0.6) is 0 Å². The van der Waals surface area contributed by atoms with Crippen molar-refractivity contribution in [1.29, 1.82) is 0 Å². The van der Waals surface area contributed by atoms with E-state index in [0.29, 0.717) is 12.1 Å². The fourth-order valence-corrected chi connectivity index (χ4v) is 1.35. The van der Waals surface area contributed by atoms with Gasteiger partial charge in [0.2, 0.25) is 0 Å². The van der Waals surface area contributed by atoms with Crippen LogP contribution in [0.4, 0.5) is 4.39 Å². The van der Waals surface area contributed by atoms with Crippen molar-refractivity contribution in [1.82, 2.24) is 5.32 Å². The molecular weight excluding hydrogens is 221 g/mol. The maximum Gasteiger partial charge on any atom is 0.127 e. The van der Waals surface area contributed by atoms with Crippen LogP contribution in [0.3, 0.4) is 0 Å². The Kier molecular flexibility index (Phi) is 3.69. The van der Waals surface area contributed by atoms with Crippen molar-refractivity contribution in [3.05, 3.63) is 34.1 Å². The number of hydrogen-bond donors (Lipinski definition) is 1. The van der Waals surface area contributed by atoms with Gasteiger partial charge in [-0.3, -0.25) is 0 Å². The van der Waals surface area contributed by atoms with Crippen molar-refractivity contribution in [2.24, 2.45) is 0 Å². The van der Waals surface area contributed by atoms with E-state index >= 15 is 0 Å². The van der Waals surface area contributed by atoms with Gasteiger partial charge in [-0.15, -0.1) is 0 Å². The van der Waals surface area contributed by atoms with E-state index in [2.05, 4.69) is 21.2 Å². The van der Waals surface area contributed by atoms with Crippen LogP contribution >= 0.6 is 15.9 Å². The molecular formula is C9H11BrFN. The van der Waals surface area contributed by atoms with Crippen LogP contribution in [0.2, 0.25) is 0 Å². The third-order valence-corrected chi connectivity index (χ3v) is 2.07. The molecule has 0 aliphatic rings. The molecule has 0 saturated carbocycles. The molecule has 0 bridgehead atoms. The van der Waals surface area contributed by atoms with E-state index in [-0.39, 0.29) is 5.82 Å². The van der Waals surface area contributed by atoms with Crippen LogP contribution in [0.15, 0.2) is 22.7 Å². The van der Waals surface area contributed by atoms with Crippen LogP contribution in [0.1, 0.15) is 12.5 Å². The van der Waals surface area contributed by atoms with E-state index < -0.39 is 0 Å². The Hall–Kier alpha value is -0.410. The van der Waals surface area contributed by atoms with E-state index in [9.17, 15) is 4.39 Å². The normalized spacial score (nSPS) is 10.2. The summed E-state index contributed by atoms with van der Waals surface area (Å²) < 4.78 is 13.9. The van der Waals surface area contributed by atoms with Crippen LogP contribution in [-0.2, 0) is 6.54 Å². The predicted octanol–water partition coefficient (Wildman–Crippen LogP) is 2.70. The highest BCUT2D eigenvalue weighted by molar-refractivity contribution is 9.10. The van der Waals surface area contributed by atoms with E-state index in [1.165, 1.54) is 6.07 Å². The smallest absolute Gasteiger partial charge is 0.127 e. The fraction of sp³-hybridized carbons (Fsp3) is 0.333.